The maximum atomic E-state index is 5.55. The zero-order chi connectivity index (χ0) is 12.9. The van der Waals surface area contributed by atoms with Crippen molar-refractivity contribution in [1.29, 1.82) is 0 Å². The third-order valence-electron chi connectivity index (χ3n) is 4.46. The van der Waals surface area contributed by atoms with E-state index in [1.165, 1.54) is 49.7 Å². The van der Waals surface area contributed by atoms with Gasteiger partial charge in [-0.25, -0.2) is 0 Å². The number of benzene rings is 1. The van der Waals surface area contributed by atoms with E-state index in [1.807, 2.05) is 0 Å². The van der Waals surface area contributed by atoms with E-state index in [9.17, 15) is 0 Å². The van der Waals surface area contributed by atoms with Crippen LogP contribution in [0.2, 0.25) is 0 Å². The Hall–Kier alpha value is -1.02. The molecule has 1 aromatic rings. The molecule has 0 amide bonds. The predicted octanol–water partition coefficient (Wildman–Crippen LogP) is 3.48. The van der Waals surface area contributed by atoms with E-state index in [2.05, 4.69) is 23.5 Å². The molecule has 1 aromatic carbocycles. The largest absolute Gasteiger partial charge is 0.493 e. The maximum absolute atomic E-state index is 5.55. The second-order valence-corrected chi connectivity index (χ2v) is 5.93. The summed E-state index contributed by atoms with van der Waals surface area (Å²) in [6.45, 7) is 1.98. The average Bonchev–Trinajstić information content (AvgIpc) is 2.74. The Balaban J connectivity index is 1.46. The lowest BCUT2D eigenvalue weighted by molar-refractivity contribution is 0.357. The molecule has 0 bridgehead atoms. The van der Waals surface area contributed by atoms with Gasteiger partial charge in [-0.15, -0.1) is 0 Å². The van der Waals surface area contributed by atoms with Crippen molar-refractivity contribution in [3.05, 3.63) is 29.3 Å². The third kappa shape index (κ3) is 3.50. The molecule has 3 rings (SSSR count). The topological polar surface area (TPSA) is 21.3 Å². The molecule has 1 N–H and O–H groups in total. The summed E-state index contributed by atoms with van der Waals surface area (Å²) >= 11 is 0. The zero-order valence-electron chi connectivity index (χ0n) is 11.8. The van der Waals surface area contributed by atoms with Gasteiger partial charge in [0.05, 0.1) is 6.61 Å². The quantitative estimate of drug-likeness (QED) is 0.836. The molecule has 1 heterocycles. The van der Waals surface area contributed by atoms with E-state index in [4.69, 9.17) is 4.74 Å². The Kier molecular flexibility index (Phi) is 4.39. The average molecular weight is 259 g/mol. The standard InChI is InChI=1S/C17H25NO/c1-2-4-6-16(5-3-1)18-11-9-14-7-8-17-15(13-14)10-12-19-17/h7-8,13,16,18H,1-6,9-12H2. The molecule has 104 valence electrons. The SMILES string of the molecule is c1cc2c(cc1CCNC1CCCCCC1)CCO2. The highest BCUT2D eigenvalue weighted by molar-refractivity contribution is 5.39. The minimum Gasteiger partial charge on any atom is -0.493 e. The zero-order valence-corrected chi connectivity index (χ0v) is 11.8. The first-order chi connectivity index (χ1) is 9.42. The highest BCUT2D eigenvalue weighted by Gasteiger charge is 2.13. The molecule has 2 aliphatic rings. The van der Waals surface area contributed by atoms with Crippen molar-refractivity contribution in [2.24, 2.45) is 0 Å². The Bertz CT molecular complexity index is 408. The van der Waals surface area contributed by atoms with Crippen LogP contribution in [0.4, 0.5) is 0 Å². The number of fused-ring (bicyclic) bond motifs is 1. The Morgan fingerprint density at radius 2 is 1.95 bits per heavy atom. The van der Waals surface area contributed by atoms with Crippen LogP contribution < -0.4 is 10.1 Å². The van der Waals surface area contributed by atoms with Crippen LogP contribution in [0.25, 0.3) is 0 Å². The van der Waals surface area contributed by atoms with Crippen LogP contribution in [-0.4, -0.2) is 19.2 Å². The molecular formula is C17H25NO. The highest BCUT2D eigenvalue weighted by Crippen LogP contribution is 2.26. The lowest BCUT2D eigenvalue weighted by atomic mass is 10.1. The minimum atomic E-state index is 0.764. The predicted molar refractivity (Wildman–Crippen MR) is 78.8 cm³/mol. The fraction of sp³-hybridized carbons (Fsp3) is 0.647. The van der Waals surface area contributed by atoms with Gasteiger partial charge in [-0.05, 0) is 43.0 Å². The number of hydrogen-bond acceptors (Lipinski definition) is 2. The maximum Gasteiger partial charge on any atom is 0.122 e. The summed E-state index contributed by atoms with van der Waals surface area (Å²) in [5.41, 5.74) is 2.84. The molecule has 0 spiro atoms. The molecule has 1 fully saturated rings. The first-order valence-electron chi connectivity index (χ1n) is 7.90. The fourth-order valence-corrected chi connectivity index (χ4v) is 3.30. The first-order valence-corrected chi connectivity index (χ1v) is 7.90. The Morgan fingerprint density at radius 1 is 1.11 bits per heavy atom. The summed E-state index contributed by atoms with van der Waals surface area (Å²) in [6, 6.07) is 7.46. The molecule has 19 heavy (non-hydrogen) atoms. The summed E-state index contributed by atoms with van der Waals surface area (Å²) in [4.78, 5) is 0. The van der Waals surface area contributed by atoms with E-state index in [0.717, 1.165) is 37.8 Å². The molecule has 0 aromatic heterocycles. The monoisotopic (exact) mass is 259 g/mol. The number of nitrogens with one attached hydrogen (secondary N) is 1. The van der Waals surface area contributed by atoms with Crippen molar-refractivity contribution in [2.45, 2.75) is 57.4 Å². The van der Waals surface area contributed by atoms with Gasteiger partial charge in [0.25, 0.3) is 0 Å². The summed E-state index contributed by atoms with van der Waals surface area (Å²) < 4.78 is 5.55. The van der Waals surface area contributed by atoms with Crippen molar-refractivity contribution in [3.63, 3.8) is 0 Å². The van der Waals surface area contributed by atoms with Gasteiger partial charge in [-0.3, -0.25) is 0 Å². The first kappa shape index (κ1) is 13.0. The summed E-state index contributed by atoms with van der Waals surface area (Å²) in [5.74, 6) is 1.10. The van der Waals surface area contributed by atoms with Crippen molar-refractivity contribution >= 4 is 0 Å². The summed E-state index contributed by atoms with van der Waals surface area (Å²) in [5, 5.41) is 3.75. The van der Waals surface area contributed by atoms with Crippen LogP contribution >= 0.6 is 0 Å². The van der Waals surface area contributed by atoms with Crippen molar-refractivity contribution in [2.75, 3.05) is 13.2 Å². The van der Waals surface area contributed by atoms with Gasteiger partial charge in [0.1, 0.15) is 5.75 Å². The lowest BCUT2D eigenvalue weighted by Crippen LogP contribution is -2.30. The van der Waals surface area contributed by atoms with Crippen molar-refractivity contribution < 1.29 is 4.74 Å². The van der Waals surface area contributed by atoms with E-state index >= 15 is 0 Å². The van der Waals surface area contributed by atoms with Crippen LogP contribution in [0.3, 0.4) is 0 Å². The van der Waals surface area contributed by atoms with E-state index in [0.29, 0.717) is 0 Å². The van der Waals surface area contributed by atoms with Gasteiger partial charge >= 0.3 is 0 Å². The number of rotatable bonds is 4. The molecule has 1 aliphatic heterocycles. The molecule has 1 aliphatic carbocycles. The van der Waals surface area contributed by atoms with E-state index < -0.39 is 0 Å². The Labute approximate surface area is 116 Å². The summed E-state index contributed by atoms with van der Waals surface area (Å²) in [6.07, 6.45) is 10.7. The normalized spacial score (nSPS) is 19.8. The van der Waals surface area contributed by atoms with Crippen LogP contribution in [0.1, 0.15) is 49.7 Å². The van der Waals surface area contributed by atoms with Gasteiger partial charge in [-0.2, -0.15) is 0 Å². The van der Waals surface area contributed by atoms with Gasteiger partial charge < -0.3 is 10.1 Å². The molecule has 0 radical (unpaired) electrons. The minimum absolute atomic E-state index is 0.764. The highest BCUT2D eigenvalue weighted by atomic mass is 16.5. The molecular weight excluding hydrogens is 234 g/mol. The van der Waals surface area contributed by atoms with Gasteiger partial charge in [-0.1, -0.05) is 37.8 Å². The second-order valence-electron chi connectivity index (χ2n) is 5.93. The van der Waals surface area contributed by atoms with Crippen LogP contribution in [0.5, 0.6) is 5.75 Å². The fourth-order valence-electron chi connectivity index (χ4n) is 3.30. The van der Waals surface area contributed by atoms with Crippen LogP contribution in [-0.2, 0) is 12.8 Å². The second kappa shape index (κ2) is 6.42. The van der Waals surface area contributed by atoms with Gasteiger partial charge in [0.2, 0.25) is 0 Å². The van der Waals surface area contributed by atoms with Crippen LogP contribution in [0, 0.1) is 0 Å². The lowest BCUT2D eigenvalue weighted by Gasteiger charge is -2.16. The van der Waals surface area contributed by atoms with Crippen molar-refractivity contribution in [1.82, 2.24) is 5.32 Å². The molecule has 0 atom stereocenters. The van der Waals surface area contributed by atoms with E-state index in [1.54, 1.807) is 0 Å². The molecule has 1 saturated carbocycles. The molecule has 0 unspecified atom stereocenters. The van der Waals surface area contributed by atoms with Crippen LogP contribution in [0.15, 0.2) is 18.2 Å². The van der Waals surface area contributed by atoms with Gasteiger partial charge in [0, 0.05) is 12.5 Å². The third-order valence-corrected chi connectivity index (χ3v) is 4.46. The Morgan fingerprint density at radius 3 is 2.79 bits per heavy atom. The van der Waals surface area contributed by atoms with E-state index in [-0.39, 0.29) is 0 Å². The molecule has 0 saturated heterocycles. The van der Waals surface area contributed by atoms with Gasteiger partial charge in [0.15, 0.2) is 0 Å². The molecule has 2 nitrogen and oxygen atoms in total. The summed E-state index contributed by atoms with van der Waals surface area (Å²) in [7, 11) is 0. The molecule has 2 heteroatoms. The van der Waals surface area contributed by atoms with Crippen molar-refractivity contribution in [3.8, 4) is 5.75 Å². The number of hydrogen-bond donors (Lipinski definition) is 1. The smallest absolute Gasteiger partial charge is 0.122 e. The number of ether oxygens (including phenoxy) is 1.